The van der Waals surface area contributed by atoms with Crippen molar-refractivity contribution in [2.45, 2.75) is 19.6 Å². The van der Waals surface area contributed by atoms with Crippen molar-refractivity contribution < 1.29 is 19.1 Å². The molecule has 0 aliphatic carbocycles. The van der Waals surface area contributed by atoms with Gasteiger partial charge in [-0.3, -0.25) is 4.79 Å². The van der Waals surface area contributed by atoms with Crippen LogP contribution in [0.5, 0.6) is 0 Å². The van der Waals surface area contributed by atoms with Gasteiger partial charge in [0.05, 0.1) is 12.5 Å². The molecule has 1 amide bonds. The van der Waals surface area contributed by atoms with E-state index in [-0.39, 0.29) is 31.5 Å². The predicted molar refractivity (Wildman–Crippen MR) is 83.5 cm³/mol. The first-order valence-corrected chi connectivity index (χ1v) is 6.99. The highest BCUT2D eigenvalue weighted by Crippen LogP contribution is 2.18. The van der Waals surface area contributed by atoms with E-state index in [0.29, 0.717) is 13.2 Å². The van der Waals surface area contributed by atoms with Crippen molar-refractivity contribution in [3.63, 3.8) is 0 Å². The van der Waals surface area contributed by atoms with Crippen LogP contribution in [-0.2, 0) is 20.9 Å². The lowest BCUT2D eigenvalue weighted by atomic mass is 10.1. The fourth-order valence-electron chi connectivity index (χ4n) is 2.29. The molecule has 22 heavy (non-hydrogen) atoms. The number of halogens is 1. The van der Waals surface area contributed by atoms with E-state index in [0.717, 1.165) is 5.56 Å². The summed E-state index contributed by atoms with van der Waals surface area (Å²) in [6.45, 7) is 2.80. The van der Waals surface area contributed by atoms with Gasteiger partial charge in [0.15, 0.2) is 0 Å². The second kappa shape index (κ2) is 8.60. The van der Waals surface area contributed by atoms with Gasteiger partial charge in [-0.15, -0.1) is 12.4 Å². The zero-order valence-electron chi connectivity index (χ0n) is 12.4. The summed E-state index contributed by atoms with van der Waals surface area (Å²) in [7, 11) is 0. The van der Waals surface area contributed by atoms with Crippen LogP contribution >= 0.6 is 12.4 Å². The van der Waals surface area contributed by atoms with E-state index in [2.05, 4.69) is 0 Å². The summed E-state index contributed by atoms with van der Waals surface area (Å²) >= 11 is 0. The number of amides is 1. The lowest BCUT2D eigenvalue weighted by molar-refractivity contribution is -0.147. The molecule has 0 saturated carbocycles. The Morgan fingerprint density at radius 3 is 2.55 bits per heavy atom. The average molecular weight is 329 g/mol. The van der Waals surface area contributed by atoms with Crippen LogP contribution in [0.2, 0.25) is 0 Å². The van der Waals surface area contributed by atoms with Gasteiger partial charge in [0.2, 0.25) is 0 Å². The van der Waals surface area contributed by atoms with Crippen molar-refractivity contribution in [1.82, 2.24) is 4.90 Å². The van der Waals surface area contributed by atoms with E-state index in [1.54, 1.807) is 6.92 Å². The van der Waals surface area contributed by atoms with Gasteiger partial charge >= 0.3 is 12.1 Å². The molecule has 0 bridgehead atoms. The fraction of sp³-hybridized carbons (Fsp3) is 0.467. The number of rotatable bonds is 4. The molecule has 2 N–H and O–H groups in total. The summed E-state index contributed by atoms with van der Waals surface area (Å²) in [5, 5.41) is 0. The second-order valence-electron chi connectivity index (χ2n) is 4.97. The molecule has 2 atom stereocenters. The maximum absolute atomic E-state index is 12.0. The van der Waals surface area contributed by atoms with Gasteiger partial charge in [0.1, 0.15) is 6.61 Å². The first-order chi connectivity index (χ1) is 10.1. The van der Waals surface area contributed by atoms with Crippen molar-refractivity contribution >= 4 is 24.5 Å². The molecule has 7 heteroatoms. The molecule has 6 nitrogen and oxygen atoms in total. The highest BCUT2D eigenvalue weighted by Gasteiger charge is 2.39. The molecule has 1 fully saturated rings. The Morgan fingerprint density at radius 1 is 1.23 bits per heavy atom. The zero-order valence-corrected chi connectivity index (χ0v) is 13.3. The lowest BCUT2D eigenvalue weighted by Crippen LogP contribution is -2.35. The first kappa shape index (κ1) is 18.3. The van der Waals surface area contributed by atoms with Gasteiger partial charge in [0, 0.05) is 19.1 Å². The Morgan fingerprint density at radius 2 is 1.91 bits per heavy atom. The Hall–Kier alpha value is -1.79. The normalized spacial score (nSPS) is 20.2. The summed E-state index contributed by atoms with van der Waals surface area (Å²) in [5.74, 6) is -0.836. The minimum Gasteiger partial charge on any atom is -0.466 e. The predicted octanol–water partition coefficient (Wildman–Crippen LogP) is 1.57. The minimum absolute atomic E-state index is 0. The molecular weight excluding hydrogens is 308 g/mol. The number of carbonyl (C=O) groups is 2. The number of hydrogen-bond donors (Lipinski definition) is 1. The Kier molecular flexibility index (Phi) is 7.14. The van der Waals surface area contributed by atoms with Gasteiger partial charge in [-0.25, -0.2) is 4.79 Å². The topological polar surface area (TPSA) is 81.9 Å². The Balaban J connectivity index is 0.00000242. The lowest BCUT2D eigenvalue weighted by Gasteiger charge is -2.15. The van der Waals surface area contributed by atoms with Crippen LogP contribution in [-0.4, -0.2) is 42.7 Å². The molecular formula is C15H21ClN2O4. The van der Waals surface area contributed by atoms with E-state index < -0.39 is 18.1 Å². The summed E-state index contributed by atoms with van der Waals surface area (Å²) in [6, 6.07) is 9.01. The molecule has 122 valence electrons. The average Bonchev–Trinajstić information content (AvgIpc) is 2.88. The maximum Gasteiger partial charge on any atom is 0.410 e. The third kappa shape index (κ3) is 4.61. The molecule has 1 aromatic carbocycles. The third-order valence-electron chi connectivity index (χ3n) is 3.42. The van der Waals surface area contributed by atoms with Crippen LogP contribution in [0.1, 0.15) is 12.5 Å². The van der Waals surface area contributed by atoms with Gasteiger partial charge in [0.25, 0.3) is 0 Å². The number of hydrogen-bond acceptors (Lipinski definition) is 5. The summed E-state index contributed by atoms with van der Waals surface area (Å²) in [4.78, 5) is 25.2. The van der Waals surface area contributed by atoms with Crippen LogP contribution in [0.25, 0.3) is 0 Å². The van der Waals surface area contributed by atoms with E-state index in [4.69, 9.17) is 15.2 Å². The van der Waals surface area contributed by atoms with Crippen molar-refractivity contribution in [3.05, 3.63) is 35.9 Å². The van der Waals surface area contributed by atoms with E-state index in [1.165, 1.54) is 4.90 Å². The van der Waals surface area contributed by atoms with Crippen molar-refractivity contribution in [2.24, 2.45) is 11.7 Å². The van der Waals surface area contributed by atoms with Crippen molar-refractivity contribution in [3.8, 4) is 0 Å². The maximum atomic E-state index is 12.0. The summed E-state index contributed by atoms with van der Waals surface area (Å²) in [5.41, 5.74) is 6.81. The Labute approximate surface area is 136 Å². The van der Waals surface area contributed by atoms with Crippen LogP contribution < -0.4 is 5.73 Å². The van der Waals surface area contributed by atoms with E-state index >= 15 is 0 Å². The van der Waals surface area contributed by atoms with Crippen molar-refractivity contribution in [2.75, 3.05) is 19.7 Å². The van der Waals surface area contributed by atoms with Gasteiger partial charge in [-0.05, 0) is 12.5 Å². The van der Waals surface area contributed by atoms with E-state index in [1.807, 2.05) is 30.3 Å². The summed E-state index contributed by atoms with van der Waals surface area (Å²) in [6.07, 6.45) is -0.457. The molecule has 0 aromatic heterocycles. The molecule has 0 unspecified atom stereocenters. The van der Waals surface area contributed by atoms with Crippen LogP contribution in [0.4, 0.5) is 4.79 Å². The minimum atomic E-state index is -0.478. The smallest absolute Gasteiger partial charge is 0.410 e. The monoisotopic (exact) mass is 328 g/mol. The number of nitrogens with two attached hydrogens (primary N) is 1. The highest BCUT2D eigenvalue weighted by atomic mass is 35.5. The molecule has 1 aliphatic heterocycles. The molecule has 0 radical (unpaired) electrons. The van der Waals surface area contributed by atoms with Gasteiger partial charge in [-0.1, -0.05) is 30.3 Å². The van der Waals surface area contributed by atoms with Gasteiger partial charge in [-0.2, -0.15) is 0 Å². The second-order valence-corrected chi connectivity index (χ2v) is 4.97. The Bertz CT molecular complexity index is 498. The molecule has 2 rings (SSSR count). The molecule has 1 heterocycles. The number of benzene rings is 1. The number of carbonyl (C=O) groups excluding carboxylic acids is 2. The summed E-state index contributed by atoms with van der Waals surface area (Å²) < 4.78 is 10.2. The fourth-order valence-corrected chi connectivity index (χ4v) is 2.29. The number of esters is 1. The quantitative estimate of drug-likeness (QED) is 0.848. The van der Waals surface area contributed by atoms with Crippen LogP contribution in [0.3, 0.4) is 0 Å². The third-order valence-corrected chi connectivity index (χ3v) is 3.42. The molecule has 0 spiro atoms. The number of likely N-dealkylation sites (tertiary alicyclic amines) is 1. The van der Waals surface area contributed by atoms with Crippen LogP contribution in [0, 0.1) is 5.92 Å². The largest absolute Gasteiger partial charge is 0.466 e. The zero-order chi connectivity index (χ0) is 15.2. The first-order valence-electron chi connectivity index (χ1n) is 6.99. The SMILES string of the molecule is CCOC(=O)[C@H]1CN(C(=O)OCc2ccccc2)C[C@@H]1N.Cl. The van der Waals surface area contributed by atoms with Crippen LogP contribution in [0.15, 0.2) is 30.3 Å². The molecule has 1 aliphatic rings. The number of ether oxygens (including phenoxy) is 2. The molecule has 1 aromatic rings. The van der Waals surface area contributed by atoms with Crippen molar-refractivity contribution in [1.29, 1.82) is 0 Å². The highest BCUT2D eigenvalue weighted by molar-refractivity contribution is 5.85. The standard InChI is InChI=1S/C15H20N2O4.ClH/c1-2-20-14(18)12-8-17(9-13(12)16)15(19)21-10-11-6-4-3-5-7-11;/h3-7,12-13H,2,8-10,16H2,1H3;1H/t12-,13-;/m0./s1. The molecule has 1 saturated heterocycles. The van der Waals surface area contributed by atoms with E-state index in [9.17, 15) is 9.59 Å². The number of nitrogens with zero attached hydrogens (tertiary/aromatic N) is 1. The van der Waals surface area contributed by atoms with Gasteiger partial charge < -0.3 is 20.1 Å².